The van der Waals surface area contributed by atoms with E-state index in [1.54, 1.807) is 14.0 Å². The van der Waals surface area contributed by atoms with Crippen LogP contribution in [0.4, 0.5) is 0 Å². The van der Waals surface area contributed by atoms with Crippen molar-refractivity contribution in [3.05, 3.63) is 34.9 Å². The van der Waals surface area contributed by atoms with Gasteiger partial charge in [0.05, 0.1) is 20.3 Å². The zero-order chi connectivity index (χ0) is 16.3. The lowest BCUT2D eigenvalue weighted by molar-refractivity contribution is -0.149. The molecule has 0 spiro atoms. The maximum Gasteiger partial charge on any atom is 0.331 e. The van der Waals surface area contributed by atoms with E-state index in [2.05, 4.69) is 0 Å². The molecule has 1 fully saturated rings. The molecule has 2 rings (SSSR count). The van der Waals surface area contributed by atoms with Crippen molar-refractivity contribution in [3.8, 4) is 5.75 Å². The van der Waals surface area contributed by atoms with Crippen LogP contribution in [0.3, 0.4) is 0 Å². The van der Waals surface area contributed by atoms with E-state index in [0.29, 0.717) is 36.5 Å². The fourth-order valence-corrected chi connectivity index (χ4v) is 2.70. The highest BCUT2D eigenvalue weighted by Gasteiger charge is 2.33. The number of aliphatic carboxylic acids is 1. The first kappa shape index (κ1) is 16.5. The minimum Gasteiger partial charge on any atom is -0.496 e. The minimum atomic E-state index is -0.910. The second-order valence-corrected chi connectivity index (χ2v) is 5.32. The van der Waals surface area contributed by atoms with Gasteiger partial charge in [-0.15, -0.1) is 0 Å². The van der Waals surface area contributed by atoms with E-state index < -0.39 is 11.8 Å². The van der Waals surface area contributed by atoms with Crippen molar-refractivity contribution in [2.24, 2.45) is 0 Å². The monoisotopic (exact) mass is 306 g/mol. The SMILES string of the molecule is CC/C(C(=O)O)=C(\C)c1cc(C2(C)OCCO2)ccc1OC. The number of benzene rings is 1. The third-order valence-electron chi connectivity index (χ3n) is 4.03. The van der Waals surface area contributed by atoms with E-state index in [4.69, 9.17) is 14.2 Å². The molecule has 5 heteroatoms. The van der Waals surface area contributed by atoms with Crippen LogP contribution < -0.4 is 4.74 Å². The minimum absolute atomic E-state index is 0.369. The number of hydrogen-bond acceptors (Lipinski definition) is 4. The van der Waals surface area contributed by atoms with Gasteiger partial charge in [0.25, 0.3) is 0 Å². The predicted octanol–water partition coefficient (Wildman–Crippen LogP) is 3.18. The van der Waals surface area contributed by atoms with E-state index in [1.165, 1.54) is 0 Å². The average Bonchev–Trinajstić information content (AvgIpc) is 2.94. The molecule has 1 aliphatic rings. The van der Waals surface area contributed by atoms with Crippen LogP contribution in [0.5, 0.6) is 5.75 Å². The quantitative estimate of drug-likeness (QED) is 0.846. The lowest BCUT2D eigenvalue weighted by Crippen LogP contribution is -2.22. The standard InChI is InChI=1S/C17H22O5/c1-5-13(16(18)19)11(2)14-10-12(6-7-15(14)20-4)17(3)21-8-9-22-17/h6-7,10H,5,8-9H2,1-4H3,(H,18,19)/b13-11-. The summed E-state index contributed by atoms with van der Waals surface area (Å²) in [6, 6.07) is 5.59. The van der Waals surface area contributed by atoms with Crippen molar-refractivity contribution in [2.45, 2.75) is 33.0 Å². The summed E-state index contributed by atoms with van der Waals surface area (Å²) in [7, 11) is 1.57. The van der Waals surface area contributed by atoms with E-state index in [-0.39, 0.29) is 0 Å². The molecule has 0 bridgehead atoms. The van der Waals surface area contributed by atoms with Crippen LogP contribution in [0.2, 0.25) is 0 Å². The van der Waals surface area contributed by atoms with Crippen LogP contribution >= 0.6 is 0 Å². The largest absolute Gasteiger partial charge is 0.496 e. The summed E-state index contributed by atoms with van der Waals surface area (Å²) in [5, 5.41) is 9.35. The van der Waals surface area contributed by atoms with Crippen molar-refractivity contribution in [1.82, 2.24) is 0 Å². The number of carbonyl (C=O) groups is 1. The van der Waals surface area contributed by atoms with E-state index >= 15 is 0 Å². The molecule has 0 aliphatic carbocycles. The second-order valence-electron chi connectivity index (χ2n) is 5.32. The van der Waals surface area contributed by atoms with Gasteiger partial charge in [0.15, 0.2) is 5.79 Å². The van der Waals surface area contributed by atoms with Crippen molar-refractivity contribution < 1.29 is 24.1 Å². The van der Waals surface area contributed by atoms with Crippen LogP contribution in [0, 0.1) is 0 Å². The molecular formula is C17H22O5. The van der Waals surface area contributed by atoms with Gasteiger partial charge in [0, 0.05) is 16.7 Å². The number of methoxy groups -OCH3 is 1. The first-order valence-electron chi connectivity index (χ1n) is 7.32. The first-order valence-corrected chi connectivity index (χ1v) is 7.32. The van der Waals surface area contributed by atoms with Gasteiger partial charge in [0.1, 0.15) is 5.75 Å². The Labute approximate surface area is 130 Å². The Morgan fingerprint density at radius 1 is 1.36 bits per heavy atom. The molecule has 0 amide bonds. The Morgan fingerprint density at radius 2 is 2.00 bits per heavy atom. The fraction of sp³-hybridized carbons (Fsp3) is 0.471. The van der Waals surface area contributed by atoms with Crippen molar-refractivity contribution in [2.75, 3.05) is 20.3 Å². The number of carboxylic acid groups (broad SMARTS) is 1. The smallest absolute Gasteiger partial charge is 0.331 e. The molecule has 0 saturated carbocycles. The Kier molecular flexibility index (Phi) is 4.88. The summed E-state index contributed by atoms with van der Waals surface area (Å²) in [6.07, 6.45) is 0.443. The van der Waals surface area contributed by atoms with Gasteiger partial charge >= 0.3 is 5.97 Å². The highest BCUT2D eigenvalue weighted by Crippen LogP contribution is 2.36. The number of carboxylic acids is 1. The van der Waals surface area contributed by atoms with Gasteiger partial charge in [-0.2, -0.15) is 0 Å². The van der Waals surface area contributed by atoms with Gasteiger partial charge in [-0.1, -0.05) is 6.92 Å². The Balaban J connectivity index is 2.56. The van der Waals surface area contributed by atoms with Crippen LogP contribution in [-0.2, 0) is 20.1 Å². The molecule has 1 aromatic rings. The fourth-order valence-electron chi connectivity index (χ4n) is 2.70. The van der Waals surface area contributed by atoms with E-state index in [1.807, 2.05) is 32.0 Å². The van der Waals surface area contributed by atoms with Gasteiger partial charge < -0.3 is 19.3 Å². The summed E-state index contributed by atoms with van der Waals surface area (Å²) in [5.41, 5.74) is 2.66. The van der Waals surface area contributed by atoms with Crippen LogP contribution in [-0.4, -0.2) is 31.4 Å². The molecule has 22 heavy (non-hydrogen) atoms. The number of allylic oxidation sites excluding steroid dienone is 1. The highest BCUT2D eigenvalue weighted by atomic mass is 16.7. The maximum atomic E-state index is 11.4. The van der Waals surface area contributed by atoms with Gasteiger partial charge in [-0.25, -0.2) is 4.79 Å². The summed E-state index contributed by atoms with van der Waals surface area (Å²) in [5.74, 6) is -1.07. The Bertz CT molecular complexity index is 597. The third kappa shape index (κ3) is 3.00. The lowest BCUT2D eigenvalue weighted by atomic mass is 9.95. The second kappa shape index (κ2) is 6.50. The first-order chi connectivity index (χ1) is 10.4. The predicted molar refractivity (Wildman–Crippen MR) is 82.8 cm³/mol. The van der Waals surface area contributed by atoms with E-state index in [9.17, 15) is 9.90 Å². The Morgan fingerprint density at radius 3 is 2.50 bits per heavy atom. The van der Waals surface area contributed by atoms with E-state index in [0.717, 1.165) is 11.1 Å². The van der Waals surface area contributed by atoms with Crippen LogP contribution in [0.15, 0.2) is 23.8 Å². The van der Waals surface area contributed by atoms with Gasteiger partial charge in [0.2, 0.25) is 0 Å². The summed E-state index contributed by atoms with van der Waals surface area (Å²) < 4.78 is 16.7. The summed E-state index contributed by atoms with van der Waals surface area (Å²) in [4.78, 5) is 11.4. The zero-order valence-corrected chi connectivity index (χ0v) is 13.4. The molecule has 0 unspecified atom stereocenters. The molecule has 1 aromatic carbocycles. The molecule has 1 N–H and O–H groups in total. The normalized spacial score (nSPS) is 18.0. The highest BCUT2D eigenvalue weighted by molar-refractivity contribution is 5.96. The van der Waals surface area contributed by atoms with Gasteiger partial charge in [-0.05, 0) is 44.0 Å². The molecule has 120 valence electrons. The van der Waals surface area contributed by atoms with Crippen LogP contribution in [0.1, 0.15) is 38.3 Å². The van der Waals surface area contributed by atoms with Crippen molar-refractivity contribution >= 4 is 11.5 Å². The molecule has 1 saturated heterocycles. The summed E-state index contributed by atoms with van der Waals surface area (Å²) >= 11 is 0. The number of ether oxygens (including phenoxy) is 3. The molecule has 1 heterocycles. The molecule has 0 radical (unpaired) electrons. The lowest BCUT2D eigenvalue weighted by Gasteiger charge is -2.24. The molecule has 0 atom stereocenters. The molecule has 0 aromatic heterocycles. The average molecular weight is 306 g/mol. The van der Waals surface area contributed by atoms with Crippen molar-refractivity contribution in [3.63, 3.8) is 0 Å². The van der Waals surface area contributed by atoms with Gasteiger partial charge in [-0.3, -0.25) is 0 Å². The Hall–Kier alpha value is -1.85. The zero-order valence-electron chi connectivity index (χ0n) is 13.4. The third-order valence-corrected chi connectivity index (χ3v) is 4.03. The number of rotatable bonds is 5. The molecular weight excluding hydrogens is 284 g/mol. The van der Waals surface area contributed by atoms with Crippen molar-refractivity contribution in [1.29, 1.82) is 0 Å². The topological polar surface area (TPSA) is 65.0 Å². The number of hydrogen-bond donors (Lipinski definition) is 1. The maximum absolute atomic E-state index is 11.4. The molecule has 1 aliphatic heterocycles. The summed E-state index contributed by atoms with van der Waals surface area (Å²) in [6.45, 7) is 6.58. The molecule has 5 nitrogen and oxygen atoms in total. The van der Waals surface area contributed by atoms with Crippen LogP contribution in [0.25, 0.3) is 5.57 Å².